The van der Waals surface area contributed by atoms with Gasteiger partial charge in [-0.1, -0.05) is 6.07 Å². The third kappa shape index (κ3) is 4.21. The Bertz CT molecular complexity index is 444. The Kier molecular flexibility index (Phi) is 5.38. The van der Waals surface area contributed by atoms with Crippen LogP contribution in [-0.2, 0) is 9.47 Å². The number of rotatable bonds is 5. The SMILES string of the molecule is COC(=O)c1cccc(NC(C)CC2COCCN2)c1. The van der Waals surface area contributed by atoms with Crippen LogP contribution in [0.15, 0.2) is 24.3 Å². The number of ether oxygens (including phenoxy) is 2. The summed E-state index contributed by atoms with van der Waals surface area (Å²) in [6.07, 6.45) is 0.975. The highest BCUT2D eigenvalue weighted by Gasteiger charge is 2.16. The predicted molar refractivity (Wildman–Crippen MR) is 78.1 cm³/mol. The van der Waals surface area contributed by atoms with Gasteiger partial charge in [0.05, 0.1) is 25.9 Å². The fourth-order valence-electron chi connectivity index (χ4n) is 2.40. The molecule has 0 radical (unpaired) electrons. The third-order valence-corrected chi connectivity index (χ3v) is 3.33. The van der Waals surface area contributed by atoms with Gasteiger partial charge in [-0.05, 0) is 31.5 Å². The second kappa shape index (κ2) is 7.26. The first-order chi connectivity index (χ1) is 9.69. The maximum Gasteiger partial charge on any atom is 0.337 e. The highest BCUT2D eigenvalue weighted by atomic mass is 16.5. The fourth-order valence-corrected chi connectivity index (χ4v) is 2.40. The molecular formula is C15H22N2O3. The lowest BCUT2D eigenvalue weighted by Crippen LogP contribution is -2.43. The van der Waals surface area contributed by atoms with Crippen molar-refractivity contribution in [1.29, 1.82) is 0 Å². The van der Waals surface area contributed by atoms with E-state index in [1.807, 2.05) is 18.2 Å². The highest BCUT2D eigenvalue weighted by molar-refractivity contribution is 5.90. The van der Waals surface area contributed by atoms with E-state index in [0.717, 1.165) is 31.9 Å². The molecule has 1 fully saturated rings. The Balaban J connectivity index is 1.89. The molecule has 5 heteroatoms. The van der Waals surface area contributed by atoms with E-state index in [4.69, 9.17) is 9.47 Å². The Morgan fingerprint density at radius 2 is 2.45 bits per heavy atom. The van der Waals surface area contributed by atoms with Gasteiger partial charge in [0.15, 0.2) is 0 Å². The normalized spacial score (nSPS) is 20.2. The molecule has 0 amide bonds. The molecular weight excluding hydrogens is 256 g/mol. The topological polar surface area (TPSA) is 59.6 Å². The summed E-state index contributed by atoms with van der Waals surface area (Å²) >= 11 is 0. The van der Waals surface area contributed by atoms with Crippen LogP contribution in [-0.4, -0.2) is 44.9 Å². The molecule has 20 heavy (non-hydrogen) atoms. The maximum atomic E-state index is 11.5. The van der Waals surface area contributed by atoms with Crippen molar-refractivity contribution in [2.45, 2.75) is 25.4 Å². The lowest BCUT2D eigenvalue weighted by Gasteiger charge is -2.27. The van der Waals surface area contributed by atoms with Crippen LogP contribution in [0.25, 0.3) is 0 Å². The molecule has 5 nitrogen and oxygen atoms in total. The van der Waals surface area contributed by atoms with Gasteiger partial charge < -0.3 is 20.1 Å². The van der Waals surface area contributed by atoms with Gasteiger partial charge in [-0.3, -0.25) is 0 Å². The number of nitrogens with one attached hydrogen (secondary N) is 2. The number of hydrogen-bond acceptors (Lipinski definition) is 5. The van der Waals surface area contributed by atoms with E-state index >= 15 is 0 Å². The van der Waals surface area contributed by atoms with E-state index in [9.17, 15) is 4.79 Å². The Morgan fingerprint density at radius 1 is 1.60 bits per heavy atom. The van der Waals surface area contributed by atoms with Gasteiger partial charge >= 0.3 is 5.97 Å². The molecule has 0 spiro atoms. The molecule has 0 aromatic heterocycles. The van der Waals surface area contributed by atoms with Crippen LogP contribution in [0.4, 0.5) is 5.69 Å². The number of carbonyl (C=O) groups is 1. The van der Waals surface area contributed by atoms with Gasteiger partial charge in [-0.25, -0.2) is 4.79 Å². The third-order valence-electron chi connectivity index (χ3n) is 3.33. The molecule has 0 bridgehead atoms. The van der Waals surface area contributed by atoms with Gasteiger partial charge in [0.1, 0.15) is 0 Å². The van der Waals surface area contributed by atoms with Crippen molar-refractivity contribution in [3.05, 3.63) is 29.8 Å². The monoisotopic (exact) mass is 278 g/mol. The summed E-state index contributed by atoms with van der Waals surface area (Å²) in [6, 6.07) is 8.04. The summed E-state index contributed by atoms with van der Waals surface area (Å²) in [5.74, 6) is -0.316. The van der Waals surface area contributed by atoms with Crippen LogP contribution in [0, 0.1) is 0 Å². The van der Waals surface area contributed by atoms with Gasteiger partial charge in [-0.2, -0.15) is 0 Å². The number of benzene rings is 1. The van der Waals surface area contributed by atoms with Gasteiger partial charge in [-0.15, -0.1) is 0 Å². The fraction of sp³-hybridized carbons (Fsp3) is 0.533. The number of methoxy groups -OCH3 is 1. The summed E-state index contributed by atoms with van der Waals surface area (Å²) < 4.78 is 10.2. The summed E-state index contributed by atoms with van der Waals surface area (Å²) in [4.78, 5) is 11.5. The van der Waals surface area contributed by atoms with Crippen molar-refractivity contribution >= 4 is 11.7 Å². The van der Waals surface area contributed by atoms with E-state index in [2.05, 4.69) is 17.6 Å². The van der Waals surface area contributed by atoms with E-state index in [0.29, 0.717) is 17.6 Å². The maximum absolute atomic E-state index is 11.5. The highest BCUT2D eigenvalue weighted by Crippen LogP contribution is 2.14. The van der Waals surface area contributed by atoms with E-state index < -0.39 is 0 Å². The van der Waals surface area contributed by atoms with E-state index in [1.54, 1.807) is 6.07 Å². The molecule has 2 N–H and O–H groups in total. The van der Waals surface area contributed by atoms with Crippen molar-refractivity contribution in [1.82, 2.24) is 5.32 Å². The molecule has 2 atom stereocenters. The van der Waals surface area contributed by atoms with Crippen molar-refractivity contribution in [2.75, 3.05) is 32.2 Å². The predicted octanol–water partition coefficient (Wildman–Crippen LogP) is 1.65. The Morgan fingerprint density at radius 3 is 3.15 bits per heavy atom. The zero-order valence-electron chi connectivity index (χ0n) is 12.0. The smallest absolute Gasteiger partial charge is 0.337 e. The molecule has 110 valence electrons. The zero-order chi connectivity index (χ0) is 14.4. The molecule has 1 heterocycles. The summed E-state index contributed by atoms with van der Waals surface area (Å²) in [5, 5.41) is 6.84. The molecule has 1 aliphatic heterocycles. The van der Waals surface area contributed by atoms with Crippen molar-refractivity contribution < 1.29 is 14.3 Å². The van der Waals surface area contributed by atoms with Crippen molar-refractivity contribution in [3.8, 4) is 0 Å². The average Bonchev–Trinajstić information content (AvgIpc) is 2.47. The lowest BCUT2D eigenvalue weighted by atomic mass is 10.1. The number of esters is 1. The van der Waals surface area contributed by atoms with Crippen molar-refractivity contribution in [3.63, 3.8) is 0 Å². The van der Waals surface area contributed by atoms with Gasteiger partial charge in [0.2, 0.25) is 0 Å². The van der Waals surface area contributed by atoms with E-state index in [-0.39, 0.29) is 5.97 Å². The Hall–Kier alpha value is -1.59. The Labute approximate surface area is 119 Å². The number of anilines is 1. The van der Waals surface area contributed by atoms with E-state index in [1.165, 1.54) is 7.11 Å². The van der Waals surface area contributed by atoms with Crippen LogP contribution in [0.3, 0.4) is 0 Å². The molecule has 1 aromatic rings. The van der Waals surface area contributed by atoms with Crippen LogP contribution >= 0.6 is 0 Å². The second-order valence-electron chi connectivity index (χ2n) is 5.08. The molecule has 2 rings (SSSR count). The standard InChI is InChI=1S/C15H22N2O3/c1-11(8-14-10-20-7-6-16-14)17-13-5-3-4-12(9-13)15(18)19-2/h3-5,9,11,14,16-17H,6-8,10H2,1-2H3. The molecule has 0 aliphatic carbocycles. The largest absolute Gasteiger partial charge is 0.465 e. The lowest BCUT2D eigenvalue weighted by molar-refractivity contribution is 0.0601. The summed E-state index contributed by atoms with van der Waals surface area (Å²) in [6.45, 7) is 4.59. The number of carbonyl (C=O) groups excluding carboxylic acids is 1. The first-order valence-electron chi connectivity index (χ1n) is 6.95. The molecule has 2 unspecified atom stereocenters. The van der Waals surface area contributed by atoms with Crippen LogP contribution in [0.1, 0.15) is 23.7 Å². The molecule has 1 aromatic carbocycles. The van der Waals surface area contributed by atoms with Gasteiger partial charge in [0, 0.05) is 24.3 Å². The molecule has 0 saturated carbocycles. The van der Waals surface area contributed by atoms with Crippen LogP contribution in [0.5, 0.6) is 0 Å². The van der Waals surface area contributed by atoms with Crippen molar-refractivity contribution in [2.24, 2.45) is 0 Å². The first kappa shape index (κ1) is 14.8. The minimum atomic E-state index is -0.316. The minimum Gasteiger partial charge on any atom is -0.465 e. The molecule has 1 aliphatic rings. The van der Waals surface area contributed by atoms with Crippen LogP contribution < -0.4 is 10.6 Å². The number of hydrogen-bond donors (Lipinski definition) is 2. The second-order valence-corrected chi connectivity index (χ2v) is 5.08. The van der Waals surface area contributed by atoms with Crippen LogP contribution in [0.2, 0.25) is 0 Å². The zero-order valence-corrected chi connectivity index (χ0v) is 12.0. The quantitative estimate of drug-likeness (QED) is 0.802. The summed E-state index contributed by atoms with van der Waals surface area (Å²) in [7, 11) is 1.39. The first-order valence-corrected chi connectivity index (χ1v) is 6.95. The number of morpholine rings is 1. The summed E-state index contributed by atoms with van der Waals surface area (Å²) in [5.41, 5.74) is 1.49. The molecule has 1 saturated heterocycles. The average molecular weight is 278 g/mol. The van der Waals surface area contributed by atoms with Gasteiger partial charge in [0.25, 0.3) is 0 Å². The minimum absolute atomic E-state index is 0.294.